The number of rotatable bonds is 4. The molecular formula is C16H21FN6. The highest BCUT2D eigenvalue weighted by atomic mass is 19.1. The molecule has 6 nitrogen and oxygen atoms in total. The molecule has 3 heterocycles. The maximum atomic E-state index is 13.8. The second-order valence-electron chi connectivity index (χ2n) is 6.38. The van der Waals surface area contributed by atoms with E-state index in [1.807, 2.05) is 4.90 Å². The molecule has 1 aliphatic carbocycles. The van der Waals surface area contributed by atoms with Crippen molar-refractivity contribution in [1.82, 2.24) is 24.6 Å². The first kappa shape index (κ1) is 14.6. The first-order valence-corrected chi connectivity index (χ1v) is 8.18. The first-order chi connectivity index (χ1) is 11.2. The van der Waals surface area contributed by atoms with Crippen LogP contribution in [0.3, 0.4) is 0 Å². The van der Waals surface area contributed by atoms with Gasteiger partial charge in [-0.3, -0.25) is 4.90 Å². The molecule has 0 N–H and O–H groups in total. The minimum atomic E-state index is -0.247. The van der Waals surface area contributed by atoms with E-state index in [9.17, 15) is 4.39 Å². The monoisotopic (exact) mass is 316 g/mol. The zero-order chi connectivity index (χ0) is 15.8. The van der Waals surface area contributed by atoms with Crippen molar-refractivity contribution >= 4 is 5.82 Å². The smallest absolute Gasteiger partial charge is 0.165 e. The van der Waals surface area contributed by atoms with E-state index < -0.39 is 0 Å². The lowest BCUT2D eigenvalue weighted by molar-refractivity contribution is 0.240. The lowest BCUT2D eigenvalue weighted by Crippen LogP contribution is -2.46. The Balaban J connectivity index is 1.37. The molecule has 23 heavy (non-hydrogen) atoms. The summed E-state index contributed by atoms with van der Waals surface area (Å²) in [7, 11) is 2.06. The number of halogens is 1. The van der Waals surface area contributed by atoms with E-state index >= 15 is 0 Å². The van der Waals surface area contributed by atoms with Crippen LogP contribution in [0.2, 0.25) is 0 Å². The lowest BCUT2D eigenvalue weighted by Gasteiger charge is -2.35. The third kappa shape index (κ3) is 2.93. The van der Waals surface area contributed by atoms with Gasteiger partial charge in [0.2, 0.25) is 0 Å². The average Bonchev–Trinajstić information content (AvgIpc) is 3.34. The molecule has 0 spiro atoms. The number of pyridine rings is 1. The van der Waals surface area contributed by atoms with Crippen LogP contribution < -0.4 is 4.90 Å². The first-order valence-electron chi connectivity index (χ1n) is 8.18. The average molecular weight is 316 g/mol. The topological polar surface area (TPSA) is 50.1 Å². The number of aromatic nitrogens is 4. The molecule has 7 heteroatoms. The quantitative estimate of drug-likeness (QED) is 0.856. The predicted molar refractivity (Wildman–Crippen MR) is 84.7 cm³/mol. The minimum absolute atomic E-state index is 0.247. The maximum Gasteiger partial charge on any atom is 0.165 e. The zero-order valence-corrected chi connectivity index (χ0v) is 13.3. The Bertz CT molecular complexity index is 688. The number of anilines is 1. The highest BCUT2D eigenvalue weighted by molar-refractivity contribution is 5.40. The molecule has 0 atom stereocenters. The number of hydrogen-bond donors (Lipinski definition) is 0. The highest BCUT2D eigenvalue weighted by Crippen LogP contribution is 2.38. The molecule has 0 bridgehead atoms. The summed E-state index contributed by atoms with van der Waals surface area (Å²) in [4.78, 5) is 8.52. The minimum Gasteiger partial charge on any atom is -0.352 e. The summed E-state index contributed by atoms with van der Waals surface area (Å²) in [6, 6.07) is 3.09. The van der Waals surface area contributed by atoms with Crippen LogP contribution in [0.4, 0.5) is 10.2 Å². The molecule has 0 radical (unpaired) electrons. The van der Waals surface area contributed by atoms with Crippen LogP contribution in [0.1, 0.15) is 30.4 Å². The Labute approximate surface area is 134 Å². The Morgan fingerprint density at radius 1 is 1.17 bits per heavy atom. The van der Waals surface area contributed by atoms with Crippen LogP contribution >= 0.6 is 0 Å². The van der Waals surface area contributed by atoms with E-state index in [2.05, 4.69) is 31.7 Å². The molecule has 1 saturated carbocycles. The fraction of sp³-hybridized carbons (Fsp3) is 0.562. The van der Waals surface area contributed by atoms with Gasteiger partial charge in [0.25, 0.3) is 0 Å². The largest absolute Gasteiger partial charge is 0.352 e. The fourth-order valence-electron chi connectivity index (χ4n) is 3.14. The van der Waals surface area contributed by atoms with Crippen LogP contribution in [0.15, 0.2) is 18.3 Å². The van der Waals surface area contributed by atoms with Gasteiger partial charge in [0.05, 0.1) is 6.54 Å². The third-order valence-electron chi connectivity index (χ3n) is 4.72. The van der Waals surface area contributed by atoms with Crippen LogP contribution in [-0.2, 0) is 13.6 Å². The van der Waals surface area contributed by atoms with Gasteiger partial charge in [-0.1, -0.05) is 0 Å². The lowest BCUT2D eigenvalue weighted by atomic mass is 10.3. The highest BCUT2D eigenvalue weighted by Gasteiger charge is 2.29. The van der Waals surface area contributed by atoms with Crippen LogP contribution in [0, 0.1) is 5.82 Å². The van der Waals surface area contributed by atoms with Crippen molar-refractivity contribution in [2.24, 2.45) is 7.05 Å². The Hall–Kier alpha value is -2.02. The van der Waals surface area contributed by atoms with Crippen LogP contribution in [0.25, 0.3) is 0 Å². The van der Waals surface area contributed by atoms with Crippen molar-refractivity contribution in [3.63, 3.8) is 0 Å². The van der Waals surface area contributed by atoms with E-state index in [-0.39, 0.29) is 5.82 Å². The molecule has 2 aromatic heterocycles. The molecule has 4 rings (SSSR count). The van der Waals surface area contributed by atoms with Crippen molar-refractivity contribution in [2.45, 2.75) is 25.3 Å². The van der Waals surface area contributed by atoms with Gasteiger partial charge in [-0.05, 0) is 25.0 Å². The summed E-state index contributed by atoms with van der Waals surface area (Å²) in [5, 5.41) is 8.68. The second-order valence-corrected chi connectivity index (χ2v) is 6.38. The van der Waals surface area contributed by atoms with E-state index in [1.54, 1.807) is 12.3 Å². The molecule has 0 amide bonds. The van der Waals surface area contributed by atoms with E-state index in [0.29, 0.717) is 11.7 Å². The third-order valence-corrected chi connectivity index (χ3v) is 4.72. The van der Waals surface area contributed by atoms with Gasteiger partial charge >= 0.3 is 0 Å². The predicted octanol–water partition coefficient (Wildman–Crippen LogP) is 1.55. The van der Waals surface area contributed by atoms with Gasteiger partial charge in [-0.15, -0.1) is 10.2 Å². The standard InChI is InChI=1S/C16H21FN6/c1-21-14(19-20-15(21)12-4-5-12)11-22-7-9-23(10-8-22)16-13(17)3-2-6-18-16/h2-3,6,12H,4-5,7-11H2,1H3. The molecule has 2 aliphatic rings. The van der Waals surface area contributed by atoms with E-state index in [1.165, 1.54) is 18.9 Å². The summed E-state index contributed by atoms with van der Waals surface area (Å²) in [6.45, 7) is 4.11. The fourth-order valence-corrected chi connectivity index (χ4v) is 3.14. The van der Waals surface area contributed by atoms with Crippen molar-refractivity contribution in [1.29, 1.82) is 0 Å². The molecule has 1 saturated heterocycles. The van der Waals surface area contributed by atoms with E-state index in [0.717, 1.165) is 44.4 Å². The molecule has 122 valence electrons. The van der Waals surface area contributed by atoms with Gasteiger partial charge in [-0.25, -0.2) is 9.37 Å². The Morgan fingerprint density at radius 2 is 1.96 bits per heavy atom. The van der Waals surface area contributed by atoms with Gasteiger partial charge in [0, 0.05) is 45.3 Å². The normalized spacial score (nSPS) is 19.3. The molecule has 1 aliphatic heterocycles. The van der Waals surface area contributed by atoms with Crippen LogP contribution in [0.5, 0.6) is 0 Å². The number of hydrogen-bond acceptors (Lipinski definition) is 5. The van der Waals surface area contributed by atoms with Crippen molar-refractivity contribution in [3.05, 3.63) is 35.8 Å². The maximum absolute atomic E-state index is 13.8. The summed E-state index contributed by atoms with van der Waals surface area (Å²) >= 11 is 0. The molecule has 0 unspecified atom stereocenters. The summed E-state index contributed by atoms with van der Waals surface area (Å²) in [5.74, 6) is 2.97. The Morgan fingerprint density at radius 3 is 2.65 bits per heavy atom. The molecular weight excluding hydrogens is 295 g/mol. The van der Waals surface area contributed by atoms with Crippen molar-refractivity contribution < 1.29 is 4.39 Å². The van der Waals surface area contributed by atoms with Crippen molar-refractivity contribution in [2.75, 3.05) is 31.1 Å². The summed E-state index contributed by atoms with van der Waals surface area (Å²) < 4.78 is 16.0. The summed E-state index contributed by atoms with van der Waals surface area (Å²) in [6.07, 6.45) is 4.12. The van der Waals surface area contributed by atoms with Gasteiger partial charge in [0.15, 0.2) is 11.6 Å². The van der Waals surface area contributed by atoms with Crippen LogP contribution in [-0.4, -0.2) is 50.8 Å². The SMILES string of the molecule is Cn1c(CN2CCN(c3ncccc3F)CC2)nnc1C1CC1. The molecule has 0 aromatic carbocycles. The summed E-state index contributed by atoms with van der Waals surface area (Å²) in [5.41, 5.74) is 0. The zero-order valence-electron chi connectivity index (χ0n) is 13.3. The van der Waals surface area contributed by atoms with Gasteiger partial charge in [0.1, 0.15) is 11.6 Å². The second kappa shape index (κ2) is 5.88. The number of nitrogens with zero attached hydrogens (tertiary/aromatic N) is 6. The Kier molecular flexibility index (Phi) is 3.72. The van der Waals surface area contributed by atoms with Gasteiger partial charge in [-0.2, -0.15) is 0 Å². The molecule has 2 aromatic rings. The van der Waals surface area contributed by atoms with Crippen molar-refractivity contribution in [3.8, 4) is 0 Å². The number of piperazine rings is 1. The molecule has 2 fully saturated rings. The van der Waals surface area contributed by atoms with Gasteiger partial charge < -0.3 is 9.47 Å². The van der Waals surface area contributed by atoms with E-state index in [4.69, 9.17) is 0 Å².